The minimum absolute atomic E-state index is 0. The van der Waals surface area contributed by atoms with E-state index in [2.05, 4.69) is 43.1 Å². The lowest BCUT2D eigenvalue weighted by Gasteiger charge is -2.30. The molecule has 0 aromatic carbocycles. The lowest BCUT2D eigenvalue weighted by Crippen LogP contribution is -2.34. The number of halogens is 1. The molecule has 19 heavy (non-hydrogen) atoms. The zero-order chi connectivity index (χ0) is 12.7. The van der Waals surface area contributed by atoms with Crippen molar-refractivity contribution in [1.82, 2.24) is 10.3 Å². The van der Waals surface area contributed by atoms with E-state index in [4.69, 9.17) is 4.98 Å². The first-order valence-corrected chi connectivity index (χ1v) is 7.15. The second-order valence-electron chi connectivity index (χ2n) is 5.93. The molecule has 0 amide bonds. The van der Waals surface area contributed by atoms with E-state index in [0.717, 1.165) is 13.1 Å². The minimum Gasteiger partial charge on any atom is -0.351 e. The molecule has 1 aromatic rings. The first-order chi connectivity index (χ1) is 8.66. The summed E-state index contributed by atoms with van der Waals surface area (Å²) in [5, 5.41) is 3.44. The number of nitrogens with one attached hydrogen (secondary N) is 1. The van der Waals surface area contributed by atoms with E-state index in [-0.39, 0.29) is 12.4 Å². The van der Waals surface area contributed by atoms with Crippen molar-refractivity contribution in [2.45, 2.75) is 58.2 Å². The van der Waals surface area contributed by atoms with Gasteiger partial charge in [-0.15, -0.1) is 12.4 Å². The molecular formula is C15H24ClN3. The smallest absolute Gasteiger partial charge is 0.129 e. The van der Waals surface area contributed by atoms with Gasteiger partial charge in [-0.25, -0.2) is 4.98 Å². The SMILES string of the molecule is CC1CNCc2ccc(N3C(C)CCC3C)nc21.Cl. The van der Waals surface area contributed by atoms with Crippen molar-refractivity contribution in [1.29, 1.82) is 0 Å². The predicted molar refractivity (Wildman–Crippen MR) is 82.2 cm³/mol. The molecule has 106 valence electrons. The Hall–Kier alpha value is -0.800. The van der Waals surface area contributed by atoms with E-state index in [1.165, 1.54) is 29.9 Å². The minimum atomic E-state index is 0. The van der Waals surface area contributed by atoms with Crippen molar-refractivity contribution in [2.75, 3.05) is 11.4 Å². The van der Waals surface area contributed by atoms with Crippen LogP contribution in [-0.4, -0.2) is 23.6 Å². The van der Waals surface area contributed by atoms with E-state index in [1.54, 1.807) is 0 Å². The van der Waals surface area contributed by atoms with Crippen LogP contribution in [0.1, 0.15) is 50.8 Å². The third-order valence-corrected chi connectivity index (χ3v) is 4.45. The van der Waals surface area contributed by atoms with Crippen LogP contribution in [0, 0.1) is 0 Å². The van der Waals surface area contributed by atoms with Crippen LogP contribution < -0.4 is 10.2 Å². The third kappa shape index (κ3) is 2.59. The molecule has 0 aliphatic carbocycles. The van der Waals surface area contributed by atoms with Gasteiger partial charge in [0.25, 0.3) is 0 Å². The summed E-state index contributed by atoms with van der Waals surface area (Å²) in [5.74, 6) is 1.71. The van der Waals surface area contributed by atoms with Crippen molar-refractivity contribution in [3.8, 4) is 0 Å². The van der Waals surface area contributed by atoms with Gasteiger partial charge in [0.2, 0.25) is 0 Å². The van der Waals surface area contributed by atoms with Crippen LogP contribution in [0.2, 0.25) is 0 Å². The number of pyridine rings is 1. The average molecular weight is 282 g/mol. The van der Waals surface area contributed by atoms with Gasteiger partial charge in [-0.05, 0) is 38.3 Å². The van der Waals surface area contributed by atoms with Gasteiger partial charge in [0.05, 0.1) is 5.69 Å². The monoisotopic (exact) mass is 281 g/mol. The number of hydrogen-bond acceptors (Lipinski definition) is 3. The summed E-state index contributed by atoms with van der Waals surface area (Å²) >= 11 is 0. The molecule has 2 aliphatic rings. The van der Waals surface area contributed by atoms with Crippen LogP contribution in [0.25, 0.3) is 0 Å². The number of nitrogens with zero attached hydrogens (tertiary/aromatic N) is 2. The molecule has 1 N–H and O–H groups in total. The number of aromatic nitrogens is 1. The van der Waals surface area contributed by atoms with Gasteiger partial charge in [-0.1, -0.05) is 13.0 Å². The van der Waals surface area contributed by atoms with Crippen LogP contribution in [0.3, 0.4) is 0 Å². The summed E-state index contributed by atoms with van der Waals surface area (Å²) in [6.07, 6.45) is 2.58. The van der Waals surface area contributed by atoms with Gasteiger partial charge in [0.1, 0.15) is 5.82 Å². The molecule has 3 unspecified atom stereocenters. The molecule has 2 aliphatic heterocycles. The van der Waals surface area contributed by atoms with Gasteiger partial charge >= 0.3 is 0 Å². The van der Waals surface area contributed by atoms with E-state index in [1.807, 2.05) is 0 Å². The Morgan fingerprint density at radius 2 is 1.84 bits per heavy atom. The second-order valence-corrected chi connectivity index (χ2v) is 5.93. The van der Waals surface area contributed by atoms with E-state index >= 15 is 0 Å². The van der Waals surface area contributed by atoms with Gasteiger partial charge in [-0.2, -0.15) is 0 Å². The maximum Gasteiger partial charge on any atom is 0.129 e. The van der Waals surface area contributed by atoms with E-state index in [9.17, 15) is 0 Å². The Morgan fingerprint density at radius 3 is 2.53 bits per heavy atom. The molecule has 0 bridgehead atoms. The maximum absolute atomic E-state index is 4.96. The largest absolute Gasteiger partial charge is 0.351 e. The molecule has 1 aromatic heterocycles. The number of fused-ring (bicyclic) bond motifs is 1. The molecule has 3 rings (SSSR count). The molecule has 3 heterocycles. The lowest BCUT2D eigenvalue weighted by molar-refractivity contribution is 0.554. The van der Waals surface area contributed by atoms with E-state index < -0.39 is 0 Å². The van der Waals surface area contributed by atoms with Crippen LogP contribution in [0.5, 0.6) is 0 Å². The van der Waals surface area contributed by atoms with Crippen molar-refractivity contribution >= 4 is 18.2 Å². The number of anilines is 1. The summed E-state index contributed by atoms with van der Waals surface area (Å²) in [6.45, 7) is 8.91. The van der Waals surface area contributed by atoms with Crippen LogP contribution in [0.15, 0.2) is 12.1 Å². The van der Waals surface area contributed by atoms with Gasteiger partial charge < -0.3 is 10.2 Å². The first-order valence-electron chi connectivity index (χ1n) is 7.15. The fraction of sp³-hybridized carbons (Fsp3) is 0.667. The summed E-state index contributed by atoms with van der Waals surface area (Å²) in [6, 6.07) is 5.72. The molecule has 4 heteroatoms. The van der Waals surface area contributed by atoms with Crippen LogP contribution in [0.4, 0.5) is 5.82 Å². The fourth-order valence-electron chi connectivity index (χ4n) is 3.38. The molecule has 3 atom stereocenters. The zero-order valence-corrected chi connectivity index (χ0v) is 12.8. The number of rotatable bonds is 1. The highest BCUT2D eigenvalue weighted by molar-refractivity contribution is 5.85. The summed E-state index contributed by atoms with van der Waals surface area (Å²) in [5.41, 5.74) is 2.68. The van der Waals surface area contributed by atoms with Crippen molar-refractivity contribution < 1.29 is 0 Å². The Kier molecular flexibility index (Phi) is 4.36. The second kappa shape index (κ2) is 5.68. The molecule has 1 saturated heterocycles. The summed E-state index contributed by atoms with van der Waals surface area (Å²) in [7, 11) is 0. The van der Waals surface area contributed by atoms with E-state index in [0.29, 0.717) is 18.0 Å². The summed E-state index contributed by atoms with van der Waals surface area (Å²) in [4.78, 5) is 7.46. The number of hydrogen-bond donors (Lipinski definition) is 1. The lowest BCUT2D eigenvalue weighted by atomic mass is 9.98. The Labute approximate surface area is 122 Å². The Bertz CT molecular complexity index is 439. The molecular weight excluding hydrogens is 258 g/mol. The molecule has 3 nitrogen and oxygen atoms in total. The van der Waals surface area contributed by atoms with Crippen molar-refractivity contribution in [2.24, 2.45) is 0 Å². The van der Waals surface area contributed by atoms with Gasteiger partial charge in [0.15, 0.2) is 0 Å². The maximum atomic E-state index is 4.96. The van der Waals surface area contributed by atoms with Gasteiger partial charge in [-0.3, -0.25) is 0 Å². The Balaban J connectivity index is 0.00000133. The molecule has 1 fully saturated rings. The normalized spacial score (nSPS) is 29.8. The molecule has 0 saturated carbocycles. The standard InChI is InChI=1S/C15H23N3.ClH/c1-10-8-16-9-13-6-7-14(17-15(10)13)18-11(2)4-5-12(18)3;/h6-7,10-12,16H,4-5,8-9H2,1-3H3;1H. The highest BCUT2D eigenvalue weighted by Gasteiger charge is 2.29. The molecule has 0 spiro atoms. The van der Waals surface area contributed by atoms with Crippen LogP contribution in [-0.2, 0) is 6.54 Å². The highest BCUT2D eigenvalue weighted by Crippen LogP contribution is 2.31. The van der Waals surface area contributed by atoms with Crippen LogP contribution >= 0.6 is 12.4 Å². The third-order valence-electron chi connectivity index (χ3n) is 4.45. The van der Waals surface area contributed by atoms with Crippen molar-refractivity contribution in [3.63, 3.8) is 0 Å². The fourth-order valence-corrected chi connectivity index (χ4v) is 3.38. The first kappa shape index (κ1) is 14.6. The highest BCUT2D eigenvalue weighted by atomic mass is 35.5. The van der Waals surface area contributed by atoms with Gasteiger partial charge in [0, 0.05) is 31.1 Å². The molecule has 0 radical (unpaired) electrons. The quantitative estimate of drug-likeness (QED) is 0.857. The predicted octanol–water partition coefficient (Wildman–Crippen LogP) is 3.09. The average Bonchev–Trinajstić information content (AvgIpc) is 2.69. The zero-order valence-electron chi connectivity index (χ0n) is 12.0. The van der Waals surface area contributed by atoms with Crippen molar-refractivity contribution in [3.05, 3.63) is 23.4 Å². The topological polar surface area (TPSA) is 28.2 Å². The Morgan fingerprint density at radius 1 is 1.16 bits per heavy atom. The summed E-state index contributed by atoms with van der Waals surface area (Å²) < 4.78 is 0.